The Morgan fingerprint density at radius 2 is 2.07 bits per heavy atom. The maximum Gasteiger partial charge on any atom is 0.142 e. The summed E-state index contributed by atoms with van der Waals surface area (Å²) in [5.41, 5.74) is 1.46. The van der Waals surface area contributed by atoms with Crippen LogP contribution in [0.2, 0.25) is 5.02 Å². The Morgan fingerprint density at radius 1 is 1.18 bits per heavy atom. The molecule has 1 atom stereocenters. The number of aromatic nitrogens is 2. The summed E-state index contributed by atoms with van der Waals surface area (Å²) >= 11 is 9.58. The zero-order valence-electron chi connectivity index (χ0n) is 15.5. The zero-order valence-corrected chi connectivity index (χ0v) is 17.9. The Hall–Kier alpha value is -1.34. The van der Waals surface area contributed by atoms with Gasteiger partial charge < -0.3 is 10.1 Å². The van der Waals surface area contributed by atoms with Crippen LogP contribution in [0.25, 0.3) is 10.2 Å². The summed E-state index contributed by atoms with van der Waals surface area (Å²) in [6.07, 6.45) is 6.15. The van der Waals surface area contributed by atoms with Crippen LogP contribution < -0.4 is 5.32 Å². The summed E-state index contributed by atoms with van der Waals surface area (Å²) in [4.78, 5) is 13.6. The molecule has 0 amide bonds. The number of nitrogens with zero attached hydrogens (tertiary/aromatic N) is 2. The fourth-order valence-corrected chi connectivity index (χ4v) is 6.09. The number of nitrogens with one attached hydrogen (secondary N) is 1. The third-order valence-corrected chi connectivity index (χ3v) is 7.76. The first-order chi connectivity index (χ1) is 13.8. The lowest BCUT2D eigenvalue weighted by atomic mass is 10.2. The highest BCUT2D eigenvalue weighted by molar-refractivity contribution is 7.98. The normalized spacial score (nSPS) is 18.7. The van der Waals surface area contributed by atoms with Gasteiger partial charge in [0.15, 0.2) is 0 Å². The Balaban J connectivity index is 1.41. The van der Waals surface area contributed by atoms with Crippen molar-refractivity contribution in [2.45, 2.75) is 48.9 Å². The molecule has 1 aliphatic carbocycles. The predicted molar refractivity (Wildman–Crippen MR) is 118 cm³/mol. The molecule has 7 heteroatoms. The molecule has 1 aromatic carbocycles. The molecule has 28 heavy (non-hydrogen) atoms. The Morgan fingerprint density at radius 3 is 2.89 bits per heavy atom. The molecule has 1 aliphatic heterocycles. The van der Waals surface area contributed by atoms with Crippen LogP contribution in [-0.4, -0.2) is 29.2 Å². The molecule has 2 aliphatic rings. The van der Waals surface area contributed by atoms with E-state index >= 15 is 0 Å². The molecule has 0 saturated carbocycles. The summed E-state index contributed by atoms with van der Waals surface area (Å²) in [5.74, 6) is 2.61. The highest BCUT2D eigenvalue weighted by Crippen LogP contribution is 2.40. The van der Waals surface area contributed by atoms with E-state index in [9.17, 15) is 0 Å². The number of hydrogen-bond donors (Lipinski definition) is 1. The first kappa shape index (κ1) is 18.7. The molecule has 0 bridgehead atoms. The van der Waals surface area contributed by atoms with Crippen molar-refractivity contribution in [3.8, 4) is 0 Å². The SMILES string of the molecule is Clc1ccc(SCc2nc(NC[C@H]3CCCO3)c3c4c(sc3n2)CCC4)cc1. The summed E-state index contributed by atoms with van der Waals surface area (Å²) in [6, 6.07) is 7.93. The van der Waals surface area contributed by atoms with Gasteiger partial charge in [0.2, 0.25) is 0 Å². The van der Waals surface area contributed by atoms with Gasteiger partial charge in [-0.3, -0.25) is 0 Å². The van der Waals surface area contributed by atoms with Gasteiger partial charge in [-0.2, -0.15) is 0 Å². The third kappa shape index (κ3) is 3.88. The van der Waals surface area contributed by atoms with Gasteiger partial charge in [0.05, 0.1) is 17.2 Å². The van der Waals surface area contributed by atoms with Gasteiger partial charge in [-0.05, 0) is 61.9 Å². The lowest BCUT2D eigenvalue weighted by Gasteiger charge is -2.13. The molecular formula is C21H22ClN3OS2. The molecule has 3 aromatic rings. The van der Waals surface area contributed by atoms with E-state index in [0.717, 1.165) is 59.7 Å². The van der Waals surface area contributed by atoms with Crippen molar-refractivity contribution < 1.29 is 4.74 Å². The minimum atomic E-state index is 0.295. The fourth-order valence-electron chi connectivity index (χ4n) is 3.93. The average Bonchev–Trinajstić information content (AvgIpc) is 3.43. The number of anilines is 1. The molecule has 0 spiro atoms. The molecule has 0 radical (unpaired) electrons. The Labute approximate surface area is 178 Å². The maximum absolute atomic E-state index is 5.99. The number of thiophene rings is 1. The number of ether oxygens (including phenoxy) is 1. The molecular weight excluding hydrogens is 410 g/mol. The van der Waals surface area contributed by atoms with E-state index in [1.165, 1.54) is 33.6 Å². The number of hydrogen-bond acceptors (Lipinski definition) is 6. The second-order valence-electron chi connectivity index (χ2n) is 7.28. The second kappa shape index (κ2) is 8.19. The van der Waals surface area contributed by atoms with E-state index in [0.29, 0.717) is 6.10 Å². The highest BCUT2D eigenvalue weighted by atomic mass is 35.5. The number of aryl methyl sites for hydroxylation is 2. The van der Waals surface area contributed by atoms with E-state index in [4.69, 9.17) is 26.3 Å². The molecule has 1 fully saturated rings. The predicted octanol–water partition coefficient (Wildman–Crippen LogP) is 5.72. The van der Waals surface area contributed by atoms with E-state index in [2.05, 4.69) is 5.32 Å². The maximum atomic E-state index is 5.99. The van der Waals surface area contributed by atoms with Crippen LogP contribution in [0.15, 0.2) is 29.2 Å². The molecule has 0 unspecified atom stereocenters. The summed E-state index contributed by atoms with van der Waals surface area (Å²) in [6.45, 7) is 1.70. The van der Waals surface area contributed by atoms with Crippen molar-refractivity contribution in [3.05, 3.63) is 45.6 Å². The first-order valence-corrected chi connectivity index (χ1v) is 12.0. The van der Waals surface area contributed by atoms with Crippen molar-refractivity contribution in [2.24, 2.45) is 0 Å². The molecule has 146 valence electrons. The number of halogens is 1. The van der Waals surface area contributed by atoms with Gasteiger partial charge in [-0.15, -0.1) is 23.1 Å². The van der Waals surface area contributed by atoms with Gasteiger partial charge in [-0.1, -0.05) is 11.6 Å². The molecule has 5 rings (SSSR count). The number of benzene rings is 1. The fraction of sp³-hybridized carbons (Fsp3) is 0.429. The Bertz CT molecular complexity index is 983. The summed E-state index contributed by atoms with van der Waals surface area (Å²) in [5, 5.41) is 5.60. The summed E-state index contributed by atoms with van der Waals surface area (Å²) < 4.78 is 5.79. The van der Waals surface area contributed by atoms with Gasteiger partial charge in [0.25, 0.3) is 0 Å². The van der Waals surface area contributed by atoms with Crippen molar-refractivity contribution in [1.29, 1.82) is 0 Å². The average molecular weight is 432 g/mol. The van der Waals surface area contributed by atoms with Crippen LogP contribution in [0.5, 0.6) is 0 Å². The Kier molecular flexibility index (Phi) is 5.46. The van der Waals surface area contributed by atoms with E-state index in [1.807, 2.05) is 35.6 Å². The topological polar surface area (TPSA) is 47.0 Å². The van der Waals surface area contributed by atoms with Gasteiger partial charge in [0.1, 0.15) is 16.5 Å². The number of thioether (sulfide) groups is 1. The molecule has 2 aromatic heterocycles. The van der Waals surface area contributed by atoms with Gasteiger partial charge in [-0.25, -0.2) is 9.97 Å². The van der Waals surface area contributed by atoms with Crippen molar-refractivity contribution in [1.82, 2.24) is 9.97 Å². The minimum absolute atomic E-state index is 0.295. The number of rotatable bonds is 6. The van der Waals surface area contributed by atoms with Crippen LogP contribution in [-0.2, 0) is 23.3 Å². The summed E-state index contributed by atoms with van der Waals surface area (Å²) in [7, 11) is 0. The smallest absolute Gasteiger partial charge is 0.142 e. The molecule has 4 nitrogen and oxygen atoms in total. The third-order valence-electron chi connectivity index (χ3n) is 5.31. The van der Waals surface area contributed by atoms with Crippen molar-refractivity contribution in [3.63, 3.8) is 0 Å². The minimum Gasteiger partial charge on any atom is -0.376 e. The van der Waals surface area contributed by atoms with Crippen molar-refractivity contribution in [2.75, 3.05) is 18.5 Å². The zero-order chi connectivity index (χ0) is 18.9. The van der Waals surface area contributed by atoms with Crippen LogP contribution in [0, 0.1) is 0 Å². The van der Waals surface area contributed by atoms with Crippen LogP contribution in [0.3, 0.4) is 0 Å². The largest absolute Gasteiger partial charge is 0.376 e. The van der Waals surface area contributed by atoms with Crippen LogP contribution in [0.1, 0.15) is 35.5 Å². The first-order valence-electron chi connectivity index (χ1n) is 9.81. The van der Waals surface area contributed by atoms with E-state index in [-0.39, 0.29) is 0 Å². The monoisotopic (exact) mass is 431 g/mol. The van der Waals surface area contributed by atoms with E-state index < -0.39 is 0 Å². The molecule has 3 heterocycles. The van der Waals surface area contributed by atoms with Crippen molar-refractivity contribution >= 4 is 50.7 Å². The van der Waals surface area contributed by atoms with Crippen LogP contribution in [0.4, 0.5) is 5.82 Å². The lowest BCUT2D eigenvalue weighted by Crippen LogP contribution is -2.19. The van der Waals surface area contributed by atoms with Crippen LogP contribution >= 0.6 is 34.7 Å². The molecule has 1 saturated heterocycles. The number of fused-ring (bicyclic) bond motifs is 3. The quantitative estimate of drug-likeness (QED) is 0.506. The lowest BCUT2D eigenvalue weighted by molar-refractivity contribution is 0.120. The standard InChI is InChI=1S/C21H22ClN3OS2/c22-13-6-8-15(9-7-13)27-12-18-24-20(23-11-14-3-2-10-26-14)19-16-4-1-5-17(16)28-21(19)25-18/h6-9,14H,1-5,10-12H2,(H,23,24,25)/t14-/m1/s1. The van der Waals surface area contributed by atoms with E-state index in [1.54, 1.807) is 11.8 Å². The second-order valence-corrected chi connectivity index (χ2v) is 9.85. The molecule has 1 N–H and O–H groups in total. The van der Waals surface area contributed by atoms with Gasteiger partial charge in [0, 0.05) is 27.9 Å². The van der Waals surface area contributed by atoms with Gasteiger partial charge >= 0.3 is 0 Å². The highest BCUT2D eigenvalue weighted by Gasteiger charge is 2.23.